The van der Waals surface area contributed by atoms with Crippen molar-refractivity contribution < 1.29 is 27.5 Å². The summed E-state index contributed by atoms with van der Waals surface area (Å²) in [6, 6.07) is 14.5. The first-order valence-corrected chi connectivity index (χ1v) is 18.0. The number of hydrogen-bond donors (Lipinski definition) is 3. The number of aromatic nitrogens is 4. The maximum Gasteiger partial charge on any atom is 0.335 e. The first-order valence-electron chi connectivity index (χ1n) is 16.5. The van der Waals surface area contributed by atoms with Crippen LogP contribution in [-0.2, 0) is 22.0 Å². The third-order valence-electron chi connectivity index (χ3n) is 8.93. The van der Waals surface area contributed by atoms with Crippen molar-refractivity contribution in [3.05, 3.63) is 88.9 Å². The minimum Gasteiger partial charge on any atom is -0.478 e. The number of carbonyl (C=O) groups is 1. The molecule has 0 saturated heterocycles. The van der Waals surface area contributed by atoms with Crippen LogP contribution in [0.4, 0.5) is 5.95 Å². The molecule has 1 fully saturated rings. The van der Waals surface area contributed by atoms with Gasteiger partial charge in [-0.15, -0.1) is 12.4 Å². The number of nitrogens with one attached hydrogen (secondary N) is 2. The predicted molar refractivity (Wildman–Crippen MR) is 197 cm³/mol. The van der Waals surface area contributed by atoms with E-state index in [9.17, 15) is 18.3 Å². The smallest absolute Gasteiger partial charge is 0.335 e. The SMILES string of the molecule is Cc1cccc(C)c1-c1cc(OC[C@@H](CC2(C)CC2)NCc2cnc3oc(C(C)(C)C)cc3n2)nc(NS(=O)(=O)c2cccc(C(=O)O)c2)n1.Cl. The molecule has 270 valence electrons. The fourth-order valence-electron chi connectivity index (χ4n) is 5.82. The number of benzene rings is 2. The summed E-state index contributed by atoms with van der Waals surface area (Å²) in [5.74, 6) is -0.418. The van der Waals surface area contributed by atoms with Crippen LogP contribution in [0.3, 0.4) is 0 Å². The van der Waals surface area contributed by atoms with E-state index < -0.39 is 16.0 Å². The average molecular weight is 735 g/mol. The number of nitrogens with zero attached hydrogens (tertiary/aromatic N) is 4. The van der Waals surface area contributed by atoms with Crippen LogP contribution in [0.2, 0.25) is 0 Å². The molecule has 0 bridgehead atoms. The molecule has 1 aliphatic rings. The fraction of sp³-hybridized carbons (Fsp3) is 0.378. The number of sulfonamides is 1. The van der Waals surface area contributed by atoms with Crippen LogP contribution in [0.25, 0.3) is 22.5 Å². The second-order valence-electron chi connectivity index (χ2n) is 14.4. The highest BCUT2D eigenvalue weighted by Crippen LogP contribution is 2.49. The summed E-state index contributed by atoms with van der Waals surface area (Å²) in [4.78, 5) is 29.6. The number of halogens is 1. The Labute approximate surface area is 304 Å². The topological polar surface area (TPSA) is 169 Å². The molecule has 0 radical (unpaired) electrons. The Morgan fingerprint density at radius 1 is 1.04 bits per heavy atom. The number of furan rings is 1. The van der Waals surface area contributed by atoms with Crippen LogP contribution in [0.15, 0.2) is 70.1 Å². The molecule has 3 N–H and O–H groups in total. The van der Waals surface area contributed by atoms with E-state index in [0.717, 1.165) is 53.5 Å². The number of rotatable bonds is 13. The molecule has 1 aliphatic carbocycles. The van der Waals surface area contributed by atoms with Gasteiger partial charge in [-0.3, -0.25) is 0 Å². The molecule has 0 aliphatic heterocycles. The predicted octanol–water partition coefficient (Wildman–Crippen LogP) is 7.24. The monoisotopic (exact) mass is 734 g/mol. The van der Waals surface area contributed by atoms with Gasteiger partial charge in [0.15, 0.2) is 0 Å². The number of aryl methyl sites for hydroxylation is 2. The summed E-state index contributed by atoms with van der Waals surface area (Å²) < 4.78 is 41.5. The molecule has 12 nitrogen and oxygen atoms in total. The molecule has 0 amide bonds. The van der Waals surface area contributed by atoms with Gasteiger partial charge in [0.25, 0.3) is 10.0 Å². The van der Waals surface area contributed by atoms with Gasteiger partial charge >= 0.3 is 5.97 Å². The van der Waals surface area contributed by atoms with Crippen LogP contribution >= 0.6 is 12.4 Å². The van der Waals surface area contributed by atoms with E-state index in [1.54, 1.807) is 12.3 Å². The minimum absolute atomic E-state index is 0. The van der Waals surface area contributed by atoms with Gasteiger partial charge in [-0.1, -0.05) is 52.0 Å². The minimum atomic E-state index is -4.24. The maximum absolute atomic E-state index is 13.4. The molecule has 51 heavy (non-hydrogen) atoms. The van der Waals surface area contributed by atoms with Crippen LogP contribution in [0.1, 0.15) is 79.9 Å². The van der Waals surface area contributed by atoms with E-state index in [2.05, 4.69) is 52.7 Å². The van der Waals surface area contributed by atoms with Gasteiger partial charge in [0.2, 0.25) is 17.5 Å². The van der Waals surface area contributed by atoms with Gasteiger partial charge in [0.1, 0.15) is 17.9 Å². The Hall–Kier alpha value is -4.59. The van der Waals surface area contributed by atoms with Crippen molar-refractivity contribution in [2.45, 2.75) is 83.7 Å². The maximum atomic E-state index is 13.4. The number of carboxylic acids is 1. The molecule has 1 saturated carbocycles. The highest BCUT2D eigenvalue weighted by atomic mass is 35.5. The summed E-state index contributed by atoms with van der Waals surface area (Å²) >= 11 is 0. The summed E-state index contributed by atoms with van der Waals surface area (Å²) in [7, 11) is -4.24. The molecule has 5 aromatic rings. The van der Waals surface area contributed by atoms with E-state index in [1.807, 2.05) is 38.1 Å². The highest BCUT2D eigenvalue weighted by molar-refractivity contribution is 7.92. The van der Waals surface area contributed by atoms with Crippen LogP contribution in [0.5, 0.6) is 5.88 Å². The van der Waals surface area contributed by atoms with Crippen molar-refractivity contribution in [1.29, 1.82) is 0 Å². The van der Waals surface area contributed by atoms with Gasteiger partial charge in [-0.05, 0) is 67.9 Å². The molecule has 14 heteroatoms. The molecule has 3 heterocycles. The number of anilines is 1. The number of carboxylic acid groups (broad SMARTS) is 1. The van der Waals surface area contributed by atoms with Crippen molar-refractivity contribution in [3.8, 4) is 17.1 Å². The molecule has 6 rings (SSSR count). The average Bonchev–Trinajstić information content (AvgIpc) is 3.60. The summed E-state index contributed by atoms with van der Waals surface area (Å²) in [5, 5.41) is 13.0. The summed E-state index contributed by atoms with van der Waals surface area (Å²) in [6.45, 7) is 13.1. The molecule has 1 atom stereocenters. The summed E-state index contributed by atoms with van der Waals surface area (Å²) in [6.07, 6.45) is 4.83. The zero-order valence-electron chi connectivity index (χ0n) is 29.5. The molecule has 0 unspecified atom stereocenters. The van der Waals surface area contributed by atoms with Gasteiger partial charge in [-0.25, -0.2) is 32.9 Å². The molecule has 3 aromatic heterocycles. The second kappa shape index (κ2) is 14.6. The Kier molecular flexibility index (Phi) is 10.8. The third-order valence-corrected chi connectivity index (χ3v) is 10.3. The standard InChI is InChI=1S/C37H42N6O6S.ClH/c1-22-9-7-10-23(2)32(22)28-17-31(42-35(41-28)43-50(46,47)27-12-8-11-24(15-27)34(44)45)48-21-25(18-37(6)13-14-37)38-19-26-20-39-33-29(40-26)16-30(49-33)36(3,4)5;/h7-12,15-17,20,25,38H,13-14,18-19,21H2,1-6H3,(H,44,45)(H,41,42,43);1H/t25-;/m1./s1. The molecule has 2 aromatic carbocycles. The second-order valence-corrected chi connectivity index (χ2v) is 16.1. The highest BCUT2D eigenvalue weighted by Gasteiger charge is 2.39. The van der Waals surface area contributed by atoms with Gasteiger partial charge in [0, 0.05) is 35.7 Å². The number of ether oxygens (including phenoxy) is 1. The first kappa shape index (κ1) is 37.7. The van der Waals surface area contributed by atoms with E-state index in [0.29, 0.717) is 23.5 Å². The molecular weight excluding hydrogens is 692 g/mol. The lowest BCUT2D eigenvalue weighted by Gasteiger charge is -2.22. The van der Waals surface area contributed by atoms with E-state index in [4.69, 9.17) is 14.1 Å². The summed E-state index contributed by atoms with van der Waals surface area (Å²) in [5.41, 5.74) is 5.08. The third kappa shape index (κ3) is 9.02. The molecular formula is C37H43ClN6O6S. The number of fused-ring (bicyclic) bond motifs is 1. The van der Waals surface area contributed by atoms with E-state index in [-0.39, 0.29) is 58.2 Å². The lowest BCUT2D eigenvalue weighted by atomic mass is 9.93. The lowest BCUT2D eigenvalue weighted by molar-refractivity contribution is 0.0696. The van der Waals surface area contributed by atoms with Gasteiger partial charge in [-0.2, -0.15) is 4.98 Å². The first-order chi connectivity index (χ1) is 23.6. The van der Waals surface area contributed by atoms with Crippen molar-refractivity contribution >= 4 is 45.6 Å². The number of aromatic carboxylic acids is 1. The Morgan fingerprint density at radius 3 is 2.41 bits per heavy atom. The van der Waals surface area contributed by atoms with Crippen molar-refractivity contribution in [2.75, 3.05) is 11.3 Å². The van der Waals surface area contributed by atoms with Gasteiger partial charge < -0.3 is 19.6 Å². The normalized spacial score (nSPS) is 14.5. The van der Waals surface area contributed by atoms with Crippen LogP contribution < -0.4 is 14.8 Å². The zero-order valence-corrected chi connectivity index (χ0v) is 31.1. The van der Waals surface area contributed by atoms with Crippen LogP contribution in [0, 0.1) is 19.3 Å². The zero-order chi connectivity index (χ0) is 35.8. The molecule has 0 spiro atoms. The largest absolute Gasteiger partial charge is 0.478 e. The Balaban J connectivity index is 0.00000504. The van der Waals surface area contributed by atoms with Crippen molar-refractivity contribution in [3.63, 3.8) is 0 Å². The van der Waals surface area contributed by atoms with Crippen molar-refractivity contribution in [2.24, 2.45) is 5.41 Å². The van der Waals surface area contributed by atoms with Crippen molar-refractivity contribution in [1.82, 2.24) is 25.3 Å². The van der Waals surface area contributed by atoms with E-state index in [1.165, 1.54) is 18.2 Å². The lowest BCUT2D eigenvalue weighted by Crippen LogP contribution is -2.36. The number of hydrogen-bond acceptors (Lipinski definition) is 10. The fourth-order valence-corrected chi connectivity index (χ4v) is 6.81. The van der Waals surface area contributed by atoms with Gasteiger partial charge in [0.05, 0.1) is 28.0 Å². The Bertz CT molecular complexity index is 2160. The quantitative estimate of drug-likeness (QED) is 0.111. The van der Waals surface area contributed by atoms with Crippen LogP contribution in [-0.4, -0.2) is 52.1 Å². The van der Waals surface area contributed by atoms with E-state index >= 15 is 0 Å². The Morgan fingerprint density at radius 2 is 1.75 bits per heavy atom.